The number of aromatic amines is 1. The molecule has 3 aromatic rings. The highest BCUT2D eigenvalue weighted by molar-refractivity contribution is 6.34. The summed E-state index contributed by atoms with van der Waals surface area (Å²) >= 11 is 6.25. The Labute approximate surface area is 108 Å². The first kappa shape index (κ1) is 11.2. The molecule has 0 unspecified atom stereocenters. The molecule has 2 aromatic carbocycles. The van der Waals surface area contributed by atoms with Crippen LogP contribution in [0.3, 0.4) is 0 Å². The zero-order valence-corrected chi connectivity index (χ0v) is 10.4. The van der Waals surface area contributed by atoms with Gasteiger partial charge in [-0.25, -0.2) is 9.37 Å². The van der Waals surface area contributed by atoms with Crippen LogP contribution in [0.25, 0.3) is 22.4 Å². The second-order valence-corrected chi connectivity index (χ2v) is 4.56. The van der Waals surface area contributed by atoms with Gasteiger partial charge in [0.2, 0.25) is 0 Å². The SMILES string of the molecule is Cc1cccc(-c2nc3ccc(F)cc3[nH]2)c1Cl. The first-order chi connectivity index (χ1) is 8.65. The minimum absolute atomic E-state index is 0.284. The van der Waals surface area contributed by atoms with E-state index in [1.807, 2.05) is 25.1 Å². The number of hydrogen-bond acceptors (Lipinski definition) is 1. The average molecular weight is 261 g/mol. The van der Waals surface area contributed by atoms with Crippen molar-refractivity contribution in [3.8, 4) is 11.4 Å². The van der Waals surface area contributed by atoms with Crippen LogP contribution in [0.2, 0.25) is 5.02 Å². The molecule has 1 aromatic heterocycles. The van der Waals surface area contributed by atoms with E-state index >= 15 is 0 Å². The van der Waals surface area contributed by atoms with E-state index in [1.165, 1.54) is 12.1 Å². The van der Waals surface area contributed by atoms with Gasteiger partial charge < -0.3 is 4.98 Å². The zero-order chi connectivity index (χ0) is 12.7. The fourth-order valence-electron chi connectivity index (χ4n) is 1.94. The van der Waals surface area contributed by atoms with E-state index in [-0.39, 0.29) is 5.82 Å². The molecule has 0 aliphatic carbocycles. The van der Waals surface area contributed by atoms with Crippen LogP contribution in [0.15, 0.2) is 36.4 Å². The lowest BCUT2D eigenvalue weighted by Gasteiger charge is -2.02. The lowest BCUT2D eigenvalue weighted by molar-refractivity contribution is 0.629. The number of fused-ring (bicyclic) bond motifs is 1. The van der Waals surface area contributed by atoms with Crippen molar-refractivity contribution in [2.75, 3.05) is 0 Å². The van der Waals surface area contributed by atoms with E-state index in [0.29, 0.717) is 16.4 Å². The smallest absolute Gasteiger partial charge is 0.140 e. The molecule has 0 aliphatic heterocycles. The molecule has 0 saturated heterocycles. The van der Waals surface area contributed by atoms with E-state index in [1.54, 1.807) is 6.07 Å². The third-order valence-corrected chi connectivity index (χ3v) is 3.39. The lowest BCUT2D eigenvalue weighted by Crippen LogP contribution is -1.84. The fraction of sp³-hybridized carbons (Fsp3) is 0.0714. The maximum Gasteiger partial charge on any atom is 0.140 e. The summed E-state index contributed by atoms with van der Waals surface area (Å²) in [5, 5.41) is 0.664. The van der Waals surface area contributed by atoms with Crippen molar-refractivity contribution in [3.05, 3.63) is 52.8 Å². The molecular formula is C14H10ClFN2. The van der Waals surface area contributed by atoms with Crippen molar-refractivity contribution in [3.63, 3.8) is 0 Å². The summed E-state index contributed by atoms with van der Waals surface area (Å²) in [6.45, 7) is 1.94. The Hall–Kier alpha value is -1.87. The summed E-state index contributed by atoms with van der Waals surface area (Å²) in [5.41, 5.74) is 3.21. The van der Waals surface area contributed by atoms with Gasteiger partial charge in [0, 0.05) is 5.56 Å². The molecule has 0 bridgehead atoms. The zero-order valence-electron chi connectivity index (χ0n) is 9.67. The van der Waals surface area contributed by atoms with Gasteiger partial charge in [0.25, 0.3) is 0 Å². The first-order valence-corrected chi connectivity index (χ1v) is 5.94. The predicted octanol–water partition coefficient (Wildman–Crippen LogP) is 4.33. The van der Waals surface area contributed by atoms with Crippen LogP contribution < -0.4 is 0 Å². The minimum Gasteiger partial charge on any atom is -0.338 e. The molecule has 0 amide bonds. The van der Waals surface area contributed by atoms with E-state index in [0.717, 1.165) is 16.6 Å². The largest absolute Gasteiger partial charge is 0.338 e. The van der Waals surface area contributed by atoms with Crippen molar-refractivity contribution < 1.29 is 4.39 Å². The molecule has 0 atom stereocenters. The highest BCUT2D eigenvalue weighted by Crippen LogP contribution is 2.29. The first-order valence-electron chi connectivity index (χ1n) is 5.56. The maximum atomic E-state index is 13.1. The third-order valence-electron chi connectivity index (χ3n) is 2.89. The lowest BCUT2D eigenvalue weighted by atomic mass is 10.1. The number of rotatable bonds is 1. The molecule has 90 valence electrons. The highest BCUT2D eigenvalue weighted by atomic mass is 35.5. The molecule has 4 heteroatoms. The Balaban J connectivity index is 2.22. The van der Waals surface area contributed by atoms with Gasteiger partial charge >= 0.3 is 0 Å². The van der Waals surface area contributed by atoms with Crippen molar-refractivity contribution in [1.29, 1.82) is 0 Å². The van der Waals surface area contributed by atoms with Crippen LogP contribution in [-0.4, -0.2) is 9.97 Å². The third kappa shape index (κ3) is 1.77. The van der Waals surface area contributed by atoms with Crippen LogP contribution in [0.5, 0.6) is 0 Å². The van der Waals surface area contributed by atoms with Gasteiger partial charge in [-0.1, -0.05) is 23.7 Å². The molecule has 2 nitrogen and oxygen atoms in total. The van der Waals surface area contributed by atoms with E-state index in [2.05, 4.69) is 9.97 Å². The fourth-order valence-corrected chi connectivity index (χ4v) is 2.16. The molecule has 0 spiro atoms. The molecule has 18 heavy (non-hydrogen) atoms. The number of nitrogens with one attached hydrogen (secondary N) is 1. The van der Waals surface area contributed by atoms with Crippen molar-refractivity contribution >= 4 is 22.6 Å². The summed E-state index contributed by atoms with van der Waals surface area (Å²) in [7, 11) is 0. The van der Waals surface area contributed by atoms with Crippen LogP contribution >= 0.6 is 11.6 Å². The van der Waals surface area contributed by atoms with Crippen LogP contribution in [0.4, 0.5) is 4.39 Å². The number of imidazole rings is 1. The molecule has 0 radical (unpaired) electrons. The van der Waals surface area contributed by atoms with Crippen LogP contribution in [-0.2, 0) is 0 Å². The van der Waals surface area contributed by atoms with E-state index in [9.17, 15) is 4.39 Å². The molecular weight excluding hydrogens is 251 g/mol. The number of benzene rings is 2. The van der Waals surface area contributed by atoms with Crippen molar-refractivity contribution in [2.24, 2.45) is 0 Å². The van der Waals surface area contributed by atoms with E-state index in [4.69, 9.17) is 11.6 Å². The molecule has 0 saturated carbocycles. The molecule has 0 fully saturated rings. The molecule has 0 aliphatic rings. The number of aromatic nitrogens is 2. The second kappa shape index (κ2) is 4.10. The predicted molar refractivity (Wildman–Crippen MR) is 71.2 cm³/mol. The minimum atomic E-state index is -0.284. The Bertz CT molecular complexity index is 734. The van der Waals surface area contributed by atoms with Gasteiger partial charge in [0.1, 0.15) is 11.6 Å². The van der Waals surface area contributed by atoms with Crippen molar-refractivity contribution in [2.45, 2.75) is 6.92 Å². The summed E-state index contributed by atoms with van der Waals surface area (Å²) in [5.74, 6) is 0.373. The van der Waals surface area contributed by atoms with Crippen LogP contribution in [0.1, 0.15) is 5.56 Å². The monoisotopic (exact) mass is 260 g/mol. The number of hydrogen-bond donors (Lipinski definition) is 1. The Morgan fingerprint density at radius 1 is 1.22 bits per heavy atom. The molecule has 1 N–H and O–H groups in total. The summed E-state index contributed by atoms with van der Waals surface area (Å²) < 4.78 is 13.1. The standard InChI is InChI=1S/C14H10ClFN2/c1-8-3-2-4-10(13(8)15)14-17-11-6-5-9(16)7-12(11)18-14/h2-7H,1H3,(H,17,18). The Morgan fingerprint density at radius 2 is 2.06 bits per heavy atom. The quantitative estimate of drug-likeness (QED) is 0.693. The topological polar surface area (TPSA) is 28.7 Å². The number of aryl methyl sites for hydroxylation is 1. The maximum absolute atomic E-state index is 13.1. The van der Waals surface area contributed by atoms with E-state index < -0.39 is 0 Å². The normalized spacial score (nSPS) is 11.1. The van der Waals surface area contributed by atoms with Gasteiger partial charge in [-0.3, -0.25) is 0 Å². The number of nitrogens with zero attached hydrogens (tertiary/aromatic N) is 1. The number of halogens is 2. The van der Waals surface area contributed by atoms with Gasteiger partial charge in [0.05, 0.1) is 16.1 Å². The molecule has 3 rings (SSSR count). The van der Waals surface area contributed by atoms with Gasteiger partial charge in [-0.05, 0) is 36.8 Å². The van der Waals surface area contributed by atoms with Gasteiger partial charge in [-0.2, -0.15) is 0 Å². The Morgan fingerprint density at radius 3 is 2.89 bits per heavy atom. The Kier molecular flexibility index (Phi) is 2.56. The summed E-state index contributed by atoms with van der Waals surface area (Å²) in [6.07, 6.45) is 0. The number of H-pyrrole nitrogens is 1. The highest BCUT2D eigenvalue weighted by Gasteiger charge is 2.10. The second-order valence-electron chi connectivity index (χ2n) is 4.18. The van der Waals surface area contributed by atoms with Crippen molar-refractivity contribution in [1.82, 2.24) is 9.97 Å². The van der Waals surface area contributed by atoms with Gasteiger partial charge in [-0.15, -0.1) is 0 Å². The average Bonchev–Trinajstić information content (AvgIpc) is 2.75. The van der Waals surface area contributed by atoms with Crippen LogP contribution in [0, 0.1) is 12.7 Å². The summed E-state index contributed by atoms with van der Waals surface area (Å²) in [6, 6.07) is 10.2. The molecule has 1 heterocycles. The van der Waals surface area contributed by atoms with Gasteiger partial charge in [0.15, 0.2) is 0 Å². The summed E-state index contributed by atoms with van der Waals surface area (Å²) in [4.78, 5) is 7.50.